The highest BCUT2D eigenvalue weighted by Crippen LogP contribution is 2.24. The van der Waals surface area contributed by atoms with Gasteiger partial charge in [-0.15, -0.1) is 3.69 Å². The van der Waals surface area contributed by atoms with Gasteiger partial charge in [0.1, 0.15) is 0 Å². The lowest BCUT2D eigenvalue weighted by Gasteiger charge is -2.10. The molecule has 2 nitrogen and oxygen atoms in total. The summed E-state index contributed by atoms with van der Waals surface area (Å²) in [6, 6.07) is 6.07. The normalized spacial score (nSPS) is 9.15. The van der Waals surface area contributed by atoms with Gasteiger partial charge in [-0.05, 0) is 19.1 Å². The Bertz CT molecular complexity index is 278. The zero-order chi connectivity index (χ0) is 9.68. The average Bonchev–Trinajstić information content (AvgIpc) is 2.18. The Kier molecular flexibility index (Phi) is 4.91. The lowest BCUT2D eigenvalue weighted by Crippen LogP contribution is -2.09. The van der Waals surface area contributed by atoms with Crippen LogP contribution in [0.1, 0.15) is 6.92 Å². The van der Waals surface area contributed by atoms with E-state index in [0.717, 1.165) is 11.5 Å². The van der Waals surface area contributed by atoms with Gasteiger partial charge in [-0.1, -0.05) is 6.07 Å². The molecule has 0 fully saturated rings. The molecule has 0 aliphatic carbocycles. The van der Waals surface area contributed by atoms with Gasteiger partial charge in [0, 0.05) is 0 Å². The Morgan fingerprint density at radius 2 is 2.15 bits per heavy atom. The summed E-state index contributed by atoms with van der Waals surface area (Å²) in [5.74, 6) is 1.65. The molecule has 68 valence electrons. The number of halogens is 1. The van der Waals surface area contributed by atoms with Gasteiger partial charge in [0.25, 0.3) is 0 Å². The van der Waals surface area contributed by atoms with Crippen LogP contribution in [0.15, 0.2) is 18.2 Å². The minimum Gasteiger partial charge on any atom is -0.493 e. The predicted octanol–water partition coefficient (Wildman–Crippen LogP) is 1.73. The Morgan fingerprint density at radius 3 is 2.69 bits per heavy atom. The van der Waals surface area contributed by atoms with Crippen molar-refractivity contribution in [1.29, 1.82) is 0 Å². The third-order valence-electron chi connectivity index (χ3n) is 1.68. The minimum absolute atomic E-state index is 0.294. The van der Waals surface area contributed by atoms with Crippen LogP contribution in [0.4, 0.5) is 0 Å². The van der Waals surface area contributed by atoms with Crippen LogP contribution < -0.4 is 13.2 Å². The third kappa shape index (κ3) is 3.04. The van der Waals surface area contributed by atoms with E-state index in [4.69, 9.17) is 9.47 Å². The molecule has 0 amide bonds. The first-order valence-corrected chi connectivity index (χ1v) is 8.78. The molecule has 0 aliphatic rings. The Balaban J connectivity index is 2.95. The summed E-state index contributed by atoms with van der Waals surface area (Å²) in [5, 5.41) is 0. The highest BCUT2D eigenvalue weighted by molar-refractivity contribution is 9.23. The van der Waals surface area contributed by atoms with E-state index in [2.05, 4.69) is 19.0 Å². The SMILES string of the molecule is CCOc1c[c]([Mg][Br])ccc1OC. The average molecular weight is 255 g/mol. The molecule has 0 N–H and O–H groups in total. The highest BCUT2D eigenvalue weighted by atomic mass is 79.9. The van der Waals surface area contributed by atoms with Crippen molar-refractivity contribution in [2.75, 3.05) is 13.7 Å². The first kappa shape index (κ1) is 11.1. The molecule has 0 atom stereocenters. The molecule has 0 heterocycles. The second kappa shape index (κ2) is 5.72. The van der Waals surface area contributed by atoms with Crippen molar-refractivity contribution < 1.29 is 9.47 Å². The van der Waals surface area contributed by atoms with Crippen LogP contribution in [0, 0.1) is 0 Å². The number of hydrogen-bond acceptors (Lipinski definition) is 2. The summed E-state index contributed by atoms with van der Waals surface area (Å²) in [6.45, 7) is 2.64. The largest absolute Gasteiger partial charge is 0.506 e. The molecule has 0 bridgehead atoms. The number of hydrogen-bond donors (Lipinski definition) is 0. The number of ether oxygens (including phenoxy) is 2. The predicted molar refractivity (Wildman–Crippen MR) is 58.5 cm³/mol. The molecular formula is C9H11BrMgO2. The summed E-state index contributed by atoms with van der Waals surface area (Å²) < 4.78 is 11.9. The summed E-state index contributed by atoms with van der Waals surface area (Å²) in [4.78, 5) is 0. The van der Waals surface area contributed by atoms with Crippen LogP contribution in [-0.4, -0.2) is 31.9 Å². The summed E-state index contributed by atoms with van der Waals surface area (Å²) in [7, 11) is 1.66. The Hall–Kier alpha value is 0.0662. The molecular weight excluding hydrogens is 244 g/mol. The fourth-order valence-corrected chi connectivity index (χ4v) is 2.59. The molecule has 0 saturated heterocycles. The summed E-state index contributed by atoms with van der Waals surface area (Å²) in [5.41, 5.74) is 0. The van der Waals surface area contributed by atoms with Crippen molar-refractivity contribution in [3.63, 3.8) is 0 Å². The molecule has 1 rings (SSSR count). The molecule has 1 aromatic carbocycles. The molecule has 0 unspecified atom stereocenters. The van der Waals surface area contributed by atoms with Crippen molar-refractivity contribution >= 4 is 34.8 Å². The number of rotatable bonds is 4. The van der Waals surface area contributed by atoms with Crippen LogP contribution in [0.25, 0.3) is 0 Å². The molecule has 13 heavy (non-hydrogen) atoms. The number of benzene rings is 1. The maximum Gasteiger partial charge on any atom is 0.506 e. The molecule has 0 saturated carbocycles. The van der Waals surface area contributed by atoms with E-state index in [1.165, 1.54) is 3.69 Å². The first-order valence-electron chi connectivity index (χ1n) is 4.17. The van der Waals surface area contributed by atoms with Gasteiger partial charge in [-0.25, -0.2) is 0 Å². The fourth-order valence-electron chi connectivity index (χ4n) is 1.07. The molecule has 0 spiro atoms. The van der Waals surface area contributed by atoms with Gasteiger partial charge in [-0.3, -0.25) is 12.9 Å². The standard InChI is InChI=1S/C9H11O2.BrH.Mg/c1-3-11-9-7-5-4-6-8(9)10-2;;/h4,6-7H,3H2,1-2H3;1H;/q;;+1/p-1. The van der Waals surface area contributed by atoms with Crippen LogP contribution in [-0.2, 0) is 0 Å². The zero-order valence-electron chi connectivity index (χ0n) is 7.84. The lowest BCUT2D eigenvalue weighted by molar-refractivity contribution is 0.311. The second-order valence-electron chi connectivity index (χ2n) is 2.55. The van der Waals surface area contributed by atoms with Crippen molar-refractivity contribution in [3.05, 3.63) is 18.2 Å². The van der Waals surface area contributed by atoms with Crippen molar-refractivity contribution in [1.82, 2.24) is 0 Å². The Labute approximate surface area is 94.2 Å². The van der Waals surface area contributed by atoms with Gasteiger partial charge in [0.15, 0.2) is 11.5 Å². The van der Waals surface area contributed by atoms with E-state index >= 15 is 0 Å². The lowest BCUT2D eigenvalue weighted by atomic mass is 10.3. The first-order chi connectivity index (χ1) is 6.31. The van der Waals surface area contributed by atoms with Crippen LogP contribution >= 0.6 is 12.9 Å². The van der Waals surface area contributed by atoms with E-state index in [1.807, 2.05) is 19.1 Å². The third-order valence-corrected chi connectivity index (χ3v) is 4.37. The van der Waals surface area contributed by atoms with E-state index in [1.54, 1.807) is 7.11 Å². The summed E-state index contributed by atoms with van der Waals surface area (Å²) in [6.07, 6.45) is 0. The maximum atomic E-state index is 5.45. The van der Waals surface area contributed by atoms with E-state index < -0.39 is 0 Å². The molecule has 0 aromatic heterocycles. The van der Waals surface area contributed by atoms with Crippen molar-refractivity contribution in [2.45, 2.75) is 6.92 Å². The van der Waals surface area contributed by atoms with Gasteiger partial charge in [0.2, 0.25) is 0 Å². The molecule has 0 radical (unpaired) electrons. The smallest absolute Gasteiger partial charge is 0.493 e. The topological polar surface area (TPSA) is 18.5 Å². The number of methoxy groups -OCH3 is 1. The molecule has 0 aliphatic heterocycles. The zero-order valence-corrected chi connectivity index (χ0v) is 10.8. The quantitative estimate of drug-likeness (QED) is 0.763. The van der Waals surface area contributed by atoms with Crippen LogP contribution in [0.3, 0.4) is 0 Å². The van der Waals surface area contributed by atoms with Crippen LogP contribution in [0.2, 0.25) is 0 Å². The highest BCUT2D eigenvalue weighted by Gasteiger charge is 2.04. The van der Waals surface area contributed by atoms with Crippen LogP contribution in [0.5, 0.6) is 11.5 Å². The monoisotopic (exact) mass is 254 g/mol. The van der Waals surface area contributed by atoms with Gasteiger partial charge in [0.05, 0.1) is 13.7 Å². The molecule has 4 heteroatoms. The van der Waals surface area contributed by atoms with E-state index in [0.29, 0.717) is 6.61 Å². The van der Waals surface area contributed by atoms with Gasteiger partial charge >= 0.3 is 18.2 Å². The second-order valence-corrected chi connectivity index (χ2v) is 5.32. The van der Waals surface area contributed by atoms with Crippen molar-refractivity contribution in [3.8, 4) is 11.5 Å². The Morgan fingerprint density at radius 1 is 1.38 bits per heavy atom. The van der Waals surface area contributed by atoms with Gasteiger partial charge < -0.3 is 9.47 Å². The van der Waals surface area contributed by atoms with E-state index in [9.17, 15) is 0 Å². The van der Waals surface area contributed by atoms with Crippen molar-refractivity contribution in [2.24, 2.45) is 0 Å². The maximum absolute atomic E-state index is 5.45. The molecule has 1 aromatic rings. The summed E-state index contributed by atoms with van der Waals surface area (Å²) >= 11 is 3.24. The van der Waals surface area contributed by atoms with Gasteiger partial charge in [-0.2, -0.15) is 0 Å². The fraction of sp³-hybridized carbons (Fsp3) is 0.333. The van der Waals surface area contributed by atoms with E-state index in [-0.39, 0.29) is 18.2 Å². The minimum atomic E-state index is -0.294.